The summed E-state index contributed by atoms with van der Waals surface area (Å²) in [6, 6.07) is 3.38. The summed E-state index contributed by atoms with van der Waals surface area (Å²) in [6.45, 7) is 8.60. The van der Waals surface area contributed by atoms with E-state index in [0.29, 0.717) is 6.54 Å². The maximum absolute atomic E-state index is 14.0. The standard InChI is InChI=1S/C25H31ClF3N3O6S/c1-7-31-13-20(22(26)30-31)39(35,36)32-15(2)19(12-23(3,4)14-33)37-18-9-8-16(10-17(18)32)11-21(34)38-24(5,6)25(27,28)29/h8-10,13-15,19H,7,11-12H2,1-6H3/t15-,19+/m0/s1. The first-order chi connectivity index (χ1) is 17.8. The van der Waals surface area contributed by atoms with Crippen LogP contribution >= 0.6 is 11.6 Å². The fourth-order valence-corrected chi connectivity index (χ4v) is 6.20. The van der Waals surface area contributed by atoms with Gasteiger partial charge in [0, 0.05) is 18.2 Å². The van der Waals surface area contributed by atoms with Gasteiger partial charge < -0.3 is 14.3 Å². The Morgan fingerprint density at radius 2 is 1.87 bits per heavy atom. The zero-order valence-corrected chi connectivity index (χ0v) is 23.9. The summed E-state index contributed by atoms with van der Waals surface area (Å²) in [5.74, 6) is -0.996. The van der Waals surface area contributed by atoms with Gasteiger partial charge in [-0.2, -0.15) is 18.3 Å². The molecule has 1 aliphatic rings. The molecule has 39 heavy (non-hydrogen) atoms. The quantitative estimate of drug-likeness (QED) is 0.299. The molecule has 3 rings (SSSR count). The van der Waals surface area contributed by atoms with Gasteiger partial charge in [-0.3, -0.25) is 13.8 Å². The van der Waals surface area contributed by atoms with Crippen LogP contribution in [0.15, 0.2) is 29.3 Å². The Labute approximate surface area is 230 Å². The number of esters is 1. The van der Waals surface area contributed by atoms with Crippen LogP contribution in [0.4, 0.5) is 18.9 Å². The highest BCUT2D eigenvalue weighted by Crippen LogP contribution is 2.43. The van der Waals surface area contributed by atoms with Crippen molar-refractivity contribution in [2.75, 3.05) is 4.31 Å². The third-order valence-electron chi connectivity index (χ3n) is 6.44. The van der Waals surface area contributed by atoms with Crippen LogP contribution in [0.25, 0.3) is 0 Å². The smallest absolute Gasteiger partial charge is 0.427 e. The van der Waals surface area contributed by atoms with Crippen molar-refractivity contribution in [3.8, 4) is 5.75 Å². The maximum atomic E-state index is 14.0. The molecule has 0 amide bonds. The Kier molecular flexibility index (Phi) is 8.39. The first kappa shape index (κ1) is 30.7. The minimum atomic E-state index is -4.78. The summed E-state index contributed by atoms with van der Waals surface area (Å²) in [5.41, 5.74) is -3.27. The van der Waals surface area contributed by atoms with Crippen LogP contribution < -0.4 is 9.04 Å². The van der Waals surface area contributed by atoms with Crippen molar-refractivity contribution in [2.24, 2.45) is 5.41 Å². The van der Waals surface area contributed by atoms with Crippen molar-refractivity contribution in [3.63, 3.8) is 0 Å². The highest BCUT2D eigenvalue weighted by Gasteiger charge is 2.51. The van der Waals surface area contributed by atoms with E-state index >= 15 is 0 Å². The fourth-order valence-electron chi connectivity index (χ4n) is 4.07. The SMILES string of the molecule is CCn1cc(S(=O)(=O)N2c3cc(CC(=O)OC(C)(C)C(F)(F)F)ccc3O[C@H](CC(C)(C)C=O)[C@@H]2C)c(Cl)n1. The molecule has 0 unspecified atom stereocenters. The molecule has 2 heterocycles. The van der Waals surface area contributed by atoms with Gasteiger partial charge in [0.25, 0.3) is 10.0 Å². The lowest BCUT2D eigenvalue weighted by molar-refractivity contribution is -0.257. The molecule has 0 N–H and O–H groups in total. The summed E-state index contributed by atoms with van der Waals surface area (Å²) in [6.07, 6.45) is -3.83. The molecule has 0 aliphatic carbocycles. The molecule has 0 bridgehead atoms. The first-order valence-electron chi connectivity index (χ1n) is 12.1. The molecule has 1 aromatic heterocycles. The molecule has 2 aromatic rings. The van der Waals surface area contributed by atoms with Gasteiger partial charge in [-0.15, -0.1) is 0 Å². The average molecular weight is 594 g/mol. The molecule has 1 aromatic carbocycles. The van der Waals surface area contributed by atoms with E-state index in [4.69, 9.17) is 16.3 Å². The van der Waals surface area contributed by atoms with Gasteiger partial charge in [-0.1, -0.05) is 31.5 Å². The molecular weight excluding hydrogens is 563 g/mol. The van der Waals surface area contributed by atoms with Crippen LogP contribution in [0.1, 0.15) is 53.5 Å². The van der Waals surface area contributed by atoms with Crippen molar-refractivity contribution < 1.29 is 40.7 Å². The summed E-state index contributed by atoms with van der Waals surface area (Å²) in [4.78, 5) is 23.7. The van der Waals surface area contributed by atoms with Gasteiger partial charge in [0.1, 0.15) is 23.0 Å². The molecule has 14 heteroatoms. The number of ether oxygens (including phenoxy) is 2. The zero-order chi connectivity index (χ0) is 29.6. The number of nitrogens with zero attached hydrogens (tertiary/aromatic N) is 3. The molecule has 2 atom stereocenters. The van der Waals surface area contributed by atoms with E-state index in [-0.39, 0.29) is 33.5 Å². The minimum Gasteiger partial charge on any atom is -0.486 e. The number of carbonyl (C=O) groups is 2. The van der Waals surface area contributed by atoms with Crippen molar-refractivity contribution in [2.45, 2.75) is 89.7 Å². The van der Waals surface area contributed by atoms with Crippen LogP contribution in [-0.2, 0) is 37.3 Å². The van der Waals surface area contributed by atoms with Crippen molar-refractivity contribution in [1.82, 2.24) is 9.78 Å². The Hall–Kier alpha value is -2.80. The Bertz CT molecular complexity index is 1360. The minimum absolute atomic E-state index is 0.0587. The first-order valence-corrected chi connectivity index (χ1v) is 14.0. The van der Waals surface area contributed by atoms with Gasteiger partial charge in [-0.25, -0.2) is 8.42 Å². The molecule has 0 fully saturated rings. The average Bonchev–Trinajstić information content (AvgIpc) is 3.20. The molecule has 1 aliphatic heterocycles. The lowest BCUT2D eigenvalue weighted by Crippen LogP contribution is -2.52. The highest BCUT2D eigenvalue weighted by molar-refractivity contribution is 7.93. The Morgan fingerprint density at radius 1 is 1.23 bits per heavy atom. The van der Waals surface area contributed by atoms with Crippen LogP contribution in [-0.4, -0.2) is 54.4 Å². The lowest BCUT2D eigenvalue weighted by atomic mass is 9.86. The molecule has 0 radical (unpaired) electrons. The van der Waals surface area contributed by atoms with E-state index < -0.39 is 51.8 Å². The van der Waals surface area contributed by atoms with Gasteiger partial charge >= 0.3 is 12.1 Å². The predicted molar refractivity (Wildman–Crippen MR) is 137 cm³/mol. The van der Waals surface area contributed by atoms with Gasteiger partial charge in [0.05, 0.1) is 18.2 Å². The number of benzene rings is 1. The van der Waals surface area contributed by atoms with E-state index in [0.717, 1.165) is 24.4 Å². The zero-order valence-electron chi connectivity index (χ0n) is 22.4. The summed E-state index contributed by atoms with van der Waals surface area (Å²) in [7, 11) is -4.35. The monoisotopic (exact) mass is 593 g/mol. The number of hydrogen-bond acceptors (Lipinski definition) is 7. The topological polar surface area (TPSA) is 108 Å². The third kappa shape index (κ3) is 6.34. The van der Waals surface area contributed by atoms with Crippen LogP contribution in [0.5, 0.6) is 5.75 Å². The number of aryl methyl sites for hydroxylation is 1. The molecule has 216 valence electrons. The van der Waals surface area contributed by atoms with Gasteiger partial charge in [0.15, 0.2) is 5.15 Å². The second kappa shape index (κ2) is 10.6. The second-order valence-corrected chi connectivity index (χ2v) is 12.8. The number of aromatic nitrogens is 2. The fraction of sp³-hybridized carbons (Fsp3) is 0.560. The van der Waals surface area contributed by atoms with Crippen molar-refractivity contribution in [1.29, 1.82) is 0 Å². The normalized spacial score (nSPS) is 18.4. The lowest BCUT2D eigenvalue weighted by Gasteiger charge is -2.42. The molecule has 0 saturated carbocycles. The second-order valence-electron chi connectivity index (χ2n) is 10.6. The number of hydrogen-bond donors (Lipinski definition) is 0. The summed E-state index contributed by atoms with van der Waals surface area (Å²) >= 11 is 6.20. The number of anilines is 1. The van der Waals surface area contributed by atoms with Crippen molar-refractivity contribution >= 4 is 39.6 Å². The predicted octanol–water partition coefficient (Wildman–Crippen LogP) is 4.94. The van der Waals surface area contributed by atoms with E-state index in [1.54, 1.807) is 27.7 Å². The largest absolute Gasteiger partial charge is 0.486 e. The number of rotatable bonds is 9. The van der Waals surface area contributed by atoms with E-state index in [1.165, 1.54) is 29.1 Å². The van der Waals surface area contributed by atoms with E-state index in [1.807, 2.05) is 0 Å². The molecule has 0 spiro atoms. The van der Waals surface area contributed by atoms with Gasteiger partial charge in [-0.05, 0) is 51.8 Å². The van der Waals surface area contributed by atoms with Crippen LogP contribution in [0.2, 0.25) is 5.15 Å². The van der Waals surface area contributed by atoms with Gasteiger partial charge in [0.2, 0.25) is 5.60 Å². The van der Waals surface area contributed by atoms with Crippen molar-refractivity contribution in [3.05, 3.63) is 35.1 Å². The number of alkyl halides is 3. The number of aldehydes is 1. The number of halogens is 4. The summed E-state index contributed by atoms with van der Waals surface area (Å²) < 4.78 is 80.7. The maximum Gasteiger partial charge on any atom is 0.427 e. The Balaban J connectivity index is 2.07. The summed E-state index contributed by atoms with van der Waals surface area (Å²) in [5, 5.41) is 3.78. The molecule has 0 saturated heterocycles. The highest BCUT2D eigenvalue weighted by atomic mass is 35.5. The van der Waals surface area contributed by atoms with Crippen LogP contribution in [0.3, 0.4) is 0 Å². The molecule has 9 nitrogen and oxygen atoms in total. The Morgan fingerprint density at radius 3 is 2.41 bits per heavy atom. The number of sulfonamides is 1. The van der Waals surface area contributed by atoms with E-state index in [2.05, 4.69) is 9.84 Å². The molecular formula is C25H31ClF3N3O6S. The number of carbonyl (C=O) groups excluding carboxylic acids is 2. The third-order valence-corrected chi connectivity index (χ3v) is 8.73. The van der Waals surface area contributed by atoms with E-state index in [9.17, 15) is 31.2 Å². The number of fused-ring (bicyclic) bond motifs is 1. The van der Waals surface area contributed by atoms with Crippen LogP contribution in [0, 0.1) is 5.41 Å².